The van der Waals surface area contributed by atoms with Gasteiger partial charge in [-0.05, 0) is 58.0 Å². The van der Waals surface area contributed by atoms with Crippen LogP contribution >= 0.6 is 0 Å². The van der Waals surface area contributed by atoms with Crippen LogP contribution in [0.25, 0.3) is 0 Å². The predicted octanol–water partition coefficient (Wildman–Crippen LogP) is 2.64. The van der Waals surface area contributed by atoms with Crippen molar-refractivity contribution in [2.45, 2.75) is 64.5 Å². The monoisotopic (exact) mass is 224 g/mol. The molecule has 2 aliphatic rings. The third-order valence-corrected chi connectivity index (χ3v) is 4.36. The summed E-state index contributed by atoms with van der Waals surface area (Å²) in [6, 6.07) is 1.60. The van der Waals surface area contributed by atoms with Gasteiger partial charge in [-0.2, -0.15) is 0 Å². The van der Waals surface area contributed by atoms with Gasteiger partial charge in [-0.25, -0.2) is 0 Å². The lowest BCUT2D eigenvalue weighted by molar-refractivity contribution is 0.103. The van der Waals surface area contributed by atoms with Gasteiger partial charge in [0.1, 0.15) is 0 Å². The van der Waals surface area contributed by atoms with Crippen molar-refractivity contribution in [1.29, 1.82) is 0 Å². The molecule has 2 rings (SSSR count). The van der Waals surface area contributed by atoms with E-state index in [0.29, 0.717) is 6.04 Å². The summed E-state index contributed by atoms with van der Waals surface area (Å²) in [7, 11) is 0. The molecule has 0 aromatic heterocycles. The summed E-state index contributed by atoms with van der Waals surface area (Å²) in [5.74, 6) is 1.03. The van der Waals surface area contributed by atoms with Gasteiger partial charge in [0.15, 0.2) is 0 Å². The Morgan fingerprint density at radius 3 is 2.88 bits per heavy atom. The third kappa shape index (κ3) is 2.98. The smallest absolute Gasteiger partial charge is 0.0166 e. The number of piperidine rings is 1. The zero-order valence-electron chi connectivity index (χ0n) is 11.0. The average Bonchev–Trinajstić information content (AvgIpc) is 2.75. The van der Waals surface area contributed by atoms with Crippen LogP contribution in [0, 0.1) is 5.92 Å². The molecule has 2 heteroatoms. The minimum Gasteiger partial charge on any atom is -0.313 e. The highest BCUT2D eigenvalue weighted by Crippen LogP contribution is 2.36. The molecule has 0 aromatic carbocycles. The number of hydrogen-bond acceptors (Lipinski definition) is 2. The zero-order chi connectivity index (χ0) is 11.4. The molecule has 3 unspecified atom stereocenters. The fraction of sp³-hybridized carbons (Fsp3) is 1.00. The van der Waals surface area contributed by atoms with Crippen LogP contribution in [-0.2, 0) is 0 Å². The Labute approximate surface area is 101 Å². The maximum absolute atomic E-state index is 3.62. The summed E-state index contributed by atoms with van der Waals surface area (Å²) in [6.45, 7) is 8.37. The first kappa shape index (κ1) is 12.4. The first-order valence-corrected chi connectivity index (χ1v) is 7.28. The molecule has 16 heavy (non-hydrogen) atoms. The number of rotatable bonds is 5. The van der Waals surface area contributed by atoms with Gasteiger partial charge in [-0.3, -0.25) is 4.90 Å². The van der Waals surface area contributed by atoms with E-state index in [9.17, 15) is 0 Å². The van der Waals surface area contributed by atoms with Crippen LogP contribution < -0.4 is 5.32 Å². The van der Waals surface area contributed by atoms with Crippen LogP contribution in [0.2, 0.25) is 0 Å². The Hall–Kier alpha value is -0.0800. The summed E-state index contributed by atoms with van der Waals surface area (Å²) < 4.78 is 0. The lowest BCUT2D eigenvalue weighted by atomic mass is 9.91. The molecule has 3 atom stereocenters. The molecular formula is C14H28N2. The minimum absolute atomic E-state index is 0.666. The van der Waals surface area contributed by atoms with Crippen molar-refractivity contribution in [1.82, 2.24) is 10.2 Å². The molecule has 0 bridgehead atoms. The van der Waals surface area contributed by atoms with E-state index >= 15 is 0 Å². The van der Waals surface area contributed by atoms with Crippen LogP contribution in [0.4, 0.5) is 0 Å². The van der Waals surface area contributed by atoms with Crippen LogP contribution in [0.1, 0.15) is 52.4 Å². The van der Waals surface area contributed by atoms with Gasteiger partial charge in [0, 0.05) is 18.6 Å². The van der Waals surface area contributed by atoms with Gasteiger partial charge < -0.3 is 5.32 Å². The first-order valence-electron chi connectivity index (χ1n) is 7.28. The van der Waals surface area contributed by atoms with Crippen molar-refractivity contribution in [3.63, 3.8) is 0 Å². The molecule has 2 nitrogen and oxygen atoms in total. The largest absolute Gasteiger partial charge is 0.313 e. The number of likely N-dealkylation sites (tertiary alicyclic amines) is 1. The Bertz CT molecular complexity index is 205. The maximum Gasteiger partial charge on any atom is 0.0166 e. The molecule has 1 heterocycles. The second kappa shape index (κ2) is 6.02. The molecule has 0 amide bonds. The minimum atomic E-state index is 0.666. The summed E-state index contributed by atoms with van der Waals surface area (Å²) in [4.78, 5) is 2.77. The van der Waals surface area contributed by atoms with Gasteiger partial charge in [0.25, 0.3) is 0 Å². The highest BCUT2D eigenvalue weighted by Gasteiger charge is 2.34. The van der Waals surface area contributed by atoms with E-state index in [4.69, 9.17) is 0 Å². The van der Waals surface area contributed by atoms with E-state index in [0.717, 1.165) is 12.0 Å². The molecule has 0 aromatic rings. The highest BCUT2D eigenvalue weighted by molar-refractivity contribution is 4.90. The molecule has 94 valence electrons. The van der Waals surface area contributed by atoms with E-state index in [-0.39, 0.29) is 0 Å². The topological polar surface area (TPSA) is 15.3 Å². The Balaban J connectivity index is 1.79. The van der Waals surface area contributed by atoms with Crippen LogP contribution in [-0.4, -0.2) is 36.6 Å². The first-order chi connectivity index (χ1) is 7.81. The van der Waals surface area contributed by atoms with Gasteiger partial charge >= 0.3 is 0 Å². The molecule has 0 radical (unpaired) electrons. The Kier molecular flexibility index (Phi) is 4.66. The fourth-order valence-corrected chi connectivity index (χ4v) is 3.59. The van der Waals surface area contributed by atoms with Crippen molar-refractivity contribution >= 4 is 0 Å². The summed E-state index contributed by atoms with van der Waals surface area (Å²) in [5, 5.41) is 3.62. The van der Waals surface area contributed by atoms with Gasteiger partial charge in [0.05, 0.1) is 0 Å². The fourth-order valence-electron chi connectivity index (χ4n) is 3.59. The molecule has 1 saturated heterocycles. The van der Waals surface area contributed by atoms with E-state index in [2.05, 4.69) is 24.1 Å². The SMILES string of the molecule is CCCNC(C)CN1CCCC2CCCC21. The van der Waals surface area contributed by atoms with Crippen molar-refractivity contribution in [2.24, 2.45) is 5.92 Å². The van der Waals surface area contributed by atoms with Crippen LogP contribution in [0.15, 0.2) is 0 Å². The highest BCUT2D eigenvalue weighted by atomic mass is 15.2. The summed E-state index contributed by atoms with van der Waals surface area (Å²) >= 11 is 0. The van der Waals surface area contributed by atoms with Crippen molar-refractivity contribution < 1.29 is 0 Å². The lowest BCUT2D eigenvalue weighted by Crippen LogP contribution is -2.48. The second-order valence-corrected chi connectivity index (χ2v) is 5.75. The van der Waals surface area contributed by atoms with Crippen molar-refractivity contribution in [3.8, 4) is 0 Å². The standard InChI is InChI=1S/C14H28N2/c1-3-9-15-12(2)11-16-10-5-7-13-6-4-8-14(13)16/h12-15H,3-11H2,1-2H3. The predicted molar refractivity (Wildman–Crippen MR) is 69.7 cm³/mol. The molecular weight excluding hydrogens is 196 g/mol. The van der Waals surface area contributed by atoms with Crippen molar-refractivity contribution in [3.05, 3.63) is 0 Å². The van der Waals surface area contributed by atoms with E-state index in [1.165, 1.54) is 58.2 Å². The number of nitrogens with zero attached hydrogens (tertiary/aromatic N) is 1. The lowest BCUT2D eigenvalue weighted by Gasteiger charge is -2.39. The van der Waals surface area contributed by atoms with Gasteiger partial charge in [-0.1, -0.05) is 13.3 Å². The summed E-state index contributed by atoms with van der Waals surface area (Å²) in [6.07, 6.45) is 8.61. The molecule has 1 aliphatic carbocycles. The molecule has 2 fully saturated rings. The Morgan fingerprint density at radius 1 is 1.25 bits per heavy atom. The van der Waals surface area contributed by atoms with E-state index in [1.807, 2.05) is 0 Å². The van der Waals surface area contributed by atoms with E-state index in [1.54, 1.807) is 0 Å². The van der Waals surface area contributed by atoms with Crippen molar-refractivity contribution in [2.75, 3.05) is 19.6 Å². The van der Waals surface area contributed by atoms with Gasteiger partial charge in [0.2, 0.25) is 0 Å². The molecule has 1 N–H and O–H groups in total. The second-order valence-electron chi connectivity index (χ2n) is 5.75. The molecule has 1 aliphatic heterocycles. The Morgan fingerprint density at radius 2 is 2.06 bits per heavy atom. The normalized spacial score (nSPS) is 32.6. The molecule has 0 spiro atoms. The quantitative estimate of drug-likeness (QED) is 0.772. The number of fused-ring (bicyclic) bond motifs is 1. The van der Waals surface area contributed by atoms with Crippen LogP contribution in [0.5, 0.6) is 0 Å². The zero-order valence-corrected chi connectivity index (χ0v) is 11.0. The number of nitrogens with one attached hydrogen (secondary N) is 1. The third-order valence-electron chi connectivity index (χ3n) is 4.36. The number of hydrogen-bond donors (Lipinski definition) is 1. The average molecular weight is 224 g/mol. The van der Waals surface area contributed by atoms with Gasteiger partial charge in [-0.15, -0.1) is 0 Å². The maximum atomic E-state index is 3.62. The van der Waals surface area contributed by atoms with Crippen LogP contribution in [0.3, 0.4) is 0 Å². The summed E-state index contributed by atoms with van der Waals surface area (Å²) in [5.41, 5.74) is 0. The van der Waals surface area contributed by atoms with E-state index < -0.39 is 0 Å². The molecule has 1 saturated carbocycles.